The van der Waals surface area contributed by atoms with Crippen molar-refractivity contribution in [3.63, 3.8) is 0 Å². The zero-order valence-corrected chi connectivity index (χ0v) is 11.6. The van der Waals surface area contributed by atoms with Gasteiger partial charge in [-0.3, -0.25) is 0 Å². The Morgan fingerprint density at radius 2 is 2.00 bits per heavy atom. The van der Waals surface area contributed by atoms with E-state index in [-0.39, 0.29) is 0 Å². The fraction of sp³-hybridized carbons (Fsp3) is 0.429. The monoisotopic (exact) mass is 292 g/mol. The zero-order chi connectivity index (χ0) is 11.8. The number of hydrogen-bond acceptors (Lipinski definition) is 1. The summed E-state index contributed by atoms with van der Waals surface area (Å²) in [5, 5.41) is 4.74. The van der Waals surface area contributed by atoms with Crippen molar-refractivity contribution in [1.82, 2.24) is 10.3 Å². The Morgan fingerprint density at radius 3 is 2.71 bits per heavy atom. The van der Waals surface area contributed by atoms with Crippen LogP contribution in [0.1, 0.15) is 30.0 Å². The van der Waals surface area contributed by atoms with Gasteiger partial charge in [0.2, 0.25) is 0 Å². The lowest BCUT2D eigenvalue weighted by Crippen LogP contribution is -2.26. The van der Waals surface area contributed by atoms with Crippen LogP contribution < -0.4 is 5.32 Å². The highest BCUT2D eigenvalue weighted by Crippen LogP contribution is 2.36. The van der Waals surface area contributed by atoms with Crippen molar-refractivity contribution < 1.29 is 0 Å². The Labute approximate surface area is 110 Å². The van der Waals surface area contributed by atoms with Crippen LogP contribution in [0.25, 0.3) is 10.9 Å². The van der Waals surface area contributed by atoms with Crippen LogP contribution in [0.3, 0.4) is 0 Å². The molecule has 2 aromatic rings. The summed E-state index contributed by atoms with van der Waals surface area (Å²) in [7, 11) is 0. The summed E-state index contributed by atoms with van der Waals surface area (Å²) in [6.07, 6.45) is 2.45. The van der Waals surface area contributed by atoms with Gasteiger partial charge in [-0.25, -0.2) is 0 Å². The number of nitrogens with one attached hydrogen (secondary N) is 2. The van der Waals surface area contributed by atoms with Gasteiger partial charge in [-0.05, 0) is 54.3 Å². The Morgan fingerprint density at radius 1 is 1.24 bits per heavy atom. The number of benzene rings is 1. The van der Waals surface area contributed by atoms with E-state index in [0.29, 0.717) is 5.92 Å². The van der Waals surface area contributed by atoms with E-state index in [1.807, 2.05) is 0 Å². The van der Waals surface area contributed by atoms with Gasteiger partial charge in [0.1, 0.15) is 0 Å². The van der Waals surface area contributed by atoms with Crippen LogP contribution in [0.4, 0.5) is 0 Å². The fourth-order valence-corrected chi connectivity index (χ4v) is 3.50. The first kappa shape index (κ1) is 11.3. The highest BCUT2D eigenvalue weighted by atomic mass is 79.9. The molecule has 2 heterocycles. The Kier molecular flexibility index (Phi) is 2.97. The van der Waals surface area contributed by atoms with Gasteiger partial charge in [0.15, 0.2) is 0 Å². The van der Waals surface area contributed by atoms with Crippen molar-refractivity contribution in [3.05, 3.63) is 33.9 Å². The number of piperidine rings is 1. The van der Waals surface area contributed by atoms with E-state index in [2.05, 4.69) is 51.4 Å². The molecule has 1 saturated heterocycles. The second kappa shape index (κ2) is 4.46. The highest BCUT2D eigenvalue weighted by molar-refractivity contribution is 9.10. The summed E-state index contributed by atoms with van der Waals surface area (Å²) in [5.74, 6) is 0.664. The quantitative estimate of drug-likeness (QED) is 0.824. The molecule has 1 aromatic carbocycles. The van der Waals surface area contributed by atoms with Crippen LogP contribution in [0.2, 0.25) is 0 Å². The molecule has 1 aliphatic heterocycles. The maximum absolute atomic E-state index is 3.77. The number of aryl methyl sites for hydroxylation is 1. The lowest BCUT2D eigenvalue weighted by atomic mass is 9.95. The van der Waals surface area contributed by atoms with Crippen molar-refractivity contribution in [2.45, 2.75) is 25.7 Å². The first-order valence-electron chi connectivity index (χ1n) is 6.25. The van der Waals surface area contributed by atoms with Crippen LogP contribution in [0, 0.1) is 6.92 Å². The molecule has 1 fully saturated rings. The summed E-state index contributed by atoms with van der Waals surface area (Å²) in [4.78, 5) is 3.63. The number of H-pyrrole nitrogens is 1. The molecule has 90 valence electrons. The number of aromatic nitrogens is 1. The number of halogens is 1. The Balaban J connectivity index is 2.10. The van der Waals surface area contributed by atoms with Gasteiger partial charge in [-0.15, -0.1) is 0 Å². The number of fused-ring (bicyclic) bond motifs is 1. The highest BCUT2D eigenvalue weighted by Gasteiger charge is 2.21. The van der Waals surface area contributed by atoms with E-state index < -0.39 is 0 Å². The maximum Gasteiger partial charge on any atom is 0.0497 e. The summed E-state index contributed by atoms with van der Waals surface area (Å²) < 4.78 is 1.27. The minimum atomic E-state index is 0.664. The Bertz CT molecular complexity index is 538. The molecule has 3 heteroatoms. The molecule has 0 radical (unpaired) electrons. The van der Waals surface area contributed by atoms with Crippen molar-refractivity contribution in [2.75, 3.05) is 13.1 Å². The SMILES string of the molecule is Cc1cccc2c(Br)c(C3CCNCC3)[nH]c12. The first-order valence-corrected chi connectivity index (χ1v) is 7.04. The summed E-state index contributed by atoms with van der Waals surface area (Å²) in [5.41, 5.74) is 3.99. The molecule has 0 bridgehead atoms. The van der Waals surface area contributed by atoms with Gasteiger partial charge in [-0.1, -0.05) is 18.2 Å². The molecule has 0 atom stereocenters. The van der Waals surface area contributed by atoms with E-state index in [9.17, 15) is 0 Å². The second-order valence-electron chi connectivity index (χ2n) is 4.87. The Hall–Kier alpha value is -0.800. The molecule has 0 spiro atoms. The summed E-state index contributed by atoms with van der Waals surface area (Å²) in [6.45, 7) is 4.42. The van der Waals surface area contributed by atoms with Crippen molar-refractivity contribution >= 4 is 26.8 Å². The van der Waals surface area contributed by atoms with Crippen molar-refractivity contribution in [2.24, 2.45) is 0 Å². The van der Waals surface area contributed by atoms with Crippen LogP contribution in [-0.2, 0) is 0 Å². The third-order valence-corrected chi connectivity index (χ3v) is 4.61. The first-order chi connectivity index (χ1) is 8.27. The molecule has 0 amide bonds. The van der Waals surface area contributed by atoms with Gasteiger partial charge in [0.25, 0.3) is 0 Å². The fourth-order valence-electron chi connectivity index (χ4n) is 2.74. The number of aromatic amines is 1. The normalized spacial score (nSPS) is 17.8. The molecular weight excluding hydrogens is 276 g/mol. The third-order valence-electron chi connectivity index (χ3n) is 3.75. The molecule has 1 aromatic heterocycles. The van der Waals surface area contributed by atoms with Gasteiger partial charge in [0.05, 0.1) is 0 Å². The summed E-state index contributed by atoms with van der Waals surface area (Å²) in [6, 6.07) is 6.48. The molecule has 0 saturated carbocycles. The zero-order valence-electron chi connectivity index (χ0n) is 10.0. The molecule has 0 unspecified atom stereocenters. The second-order valence-corrected chi connectivity index (χ2v) is 5.67. The van der Waals surface area contributed by atoms with E-state index in [1.54, 1.807) is 0 Å². The third kappa shape index (κ3) is 1.91. The average Bonchev–Trinajstić information content (AvgIpc) is 2.70. The van der Waals surface area contributed by atoms with Crippen LogP contribution >= 0.6 is 15.9 Å². The predicted molar refractivity (Wildman–Crippen MR) is 75.6 cm³/mol. The molecule has 3 rings (SSSR count). The largest absolute Gasteiger partial charge is 0.357 e. The molecule has 17 heavy (non-hydrogen) atoms. The van der Waals surface area contributed by atoms with Crippen molar-refractivity contribution in [3.8, 4) is 0 Å². The molecule has 1 aliphatic rings. The number of rotatable bonds is 1. The van der Waals surface area contributed by atoms with Crippen molar-refractivity contribution in [1.29, 1.82) is 0 Å². The van der Waals surface area contributed by atoms with Gasteiger partial charge < -0.3 is 10.3 Å². The topological polar surface area (TPSA) is 27.8 Å². The minimum absolute atomic E-state index is 0.664. The van der Waals surface area contributed by atoms with E-state index >= 15 is 0 Å². The van der Waals surface area contributed by atoms with E-state index in [0.717, 1.165) is 13.1 Å². The van der Waals surface area contributed by atoms with E-state index in [1.165, 1.54) is 39.5 Å². The number of hydrogen-bond donors (Lipinski definition) is 2. The lowest BCUT2D eigenvalue weighted by molar-refractivity contribution is 0.454. The van der Waals surface area contributed by atoms with Gasteiger partial charge in [-0.2, -0.15) is 0 Å². The smallest absolute Gasteiger partial charge is 0.0497 e. The van der Waals surface area contributed by atoms with E-state index in [4.69, 9.17) is 0 Å². The predicted octanol–water partition coefficient (Wildman–Crippen LogP) is 3.71. The average molecular weight is 293 g/mol. The molecular formula is C14H17BrN2. The lowest BCUT2D eigenvalue weighted by Gasteiger charge is -2.22. The molecule has 0 aliphatic carbocycles. The standard InChI is InChI=1S/C14H17BrN2/c1-9-3-2-4-11-12(15)14(17-13(9)11)10-5-7-16-8-6-10/h2-4,10,16-17H,5-8H2,1H3. The maximum atomic E-state index is 3.77. The number of para-hydroxylation sites is 1. The minimum Gasteiger partial charge on any atom is -0.357 e. The summed E-state index contributed by atoms with van der Waals surface area (Å²) >= 11 is 3.77. The van der Waals surface area contributed by atoms with Gasteiger partial charge in [0, 0.05) is 27.0 Å². The van der Waals surface area contributed by atoms with Crippen LogP contribution in [0.5, 0.6) is 0 Å². The molecule has 2 nitrogen and oxygen atoms in total. The van der Waals surface area contributed by atoms with Crippen LogP contribution in [0.15, 0.2) is 22.7 Å². The van der Waals surface area contributed by atoms with Crippen LogP contribution in [-0.4, -0.2) is 18.1 Å². The molecule has 2 N–H and O–H groups in total. The van der Waals surface area contributed by atoms with Gasteiger partial charge >= 0.3 is 0 Å².